The first-order chi connectivity index (χ1) is 13.8. The van der Waals surface area contributed by atoms with Gasteiger partial charge in [0.05, 0.1) is 12.7 Å². The molecule has 0 amide bonds. The lowest BCUT2D eigenvalue weighted by Gasteiger charge is -2.32. The van der Waals surface area contributed by atoms with Crippen molar-refractivity contribution in [2.45, 2.75) is 58.0 Å². The number of ether oxygens (including phenoxy) is 1. The summed E-state index contributed by atoms with van der Waals surface area (Å²) in [7, 11) is -2.76. The van der Waals surface area contributed by atoms with E-state index in [4.69, 9.17) is 13.6 Å². The Kier molecular flexibility index (Phi) is 8.74. The average molecular weight is 399 g/mol. The van der Waals surface area contributed by atoms with E-state index in [9.17, 15) is 0 Å². The van der Waals surface area contributed by atoms with Gasteiger partial charge in [0.2, 0.25) is 0 Å². The van der Waals surface area contributed by atoms with Gasteiger partial charge in [-0.15, -0.1) is 0 Å². The van der Waals surface area contributed by atoms with E-state index in [-0.39, 0.29) is 6.10 Å². The second-order valence-corrected chi connectivity index (χ2v) is 10.5. The second kappa shape index (κ2) is 11.5. The highest BCUT2D eigenvalue weighted by Crippen LogP contribution is 2.17. The van der Waals surface area contributed by atoms with Gasteiger partial charge in [-0.3, -0.25) is 0 Å². The van der Waals surface area contributed by atoms with Gasteiger partial charge in [-0.1, -0.05) is 93.3 Å². The first kappa shape index (κ1) is 21.3. The van der Waals surface area contributed by atoms with Gasteiger partial charge in [-0.2, -0.15) is 0 Å². The van der Waals surface area contributed by atoms with Crippen LogP contribution in [0.15, 0.2) is 60.7 Å². The van der Waals surface area contributed by atoms with Crippen molar-refractivity contribution >= 4 is 18.9 Å². The number of benzene rings is 2. The van der Waals surface area contributed by atoms with Crippen molar-refractivity contribution in [2.75, 3.05) is 19.8 Å². The minimum absolute atomic E-state index is 0.187. The van der Waals surface area contributed by atoms with Crippen molar-refractivity contribution < 1.29 is 13.6 Å². The Morgan fingerprint density at radius 1 is 0.857 bits per heavy atom. The molecule has 2 aromatic carbocycles. The van der Waals surface area contributed by atoms with Crippen LogP contribution < -0.4 is 10.4 Å². The molecular formula is C24H34O3Si. The zero-order valence-corrected chi connectivity index (χ0v) is 18.1. The molecule has 1 aliphatic rings. The average Bonchev–Trinajstić information content (AvgIpc) is 3.28. The van der Waals surface area contributed by atoms with E-state index >= 15 is 0 Å². The molecule has 3 nitrogen and oxygen atoms in total. The third-order valence-corrected chi connectivity index (χ3v) is 8.73. The van der Waals surface area contributed by atoms with Crippen LogP contribution in [0, 0.1) is 0 Å². The van der Waals surface area contributed by atoms with E-state index in [0.717, 1.165) is 32.5 Å². The van der Waals surface area contributed by atoms with Crippen LogP contribution in [0.3, 0.4) is 0 Å². The van der Waals surface area contributed by atoms with Gasteiger partial charge in [0, 0.05) is 13.2 Å². The maximum absolute atomic E-state index is 6.71. The molecule has 28 heavy (non-hydrogen) atoms. The van der Waals surface area contributed by atoms with Crippen LogP contribution in [-0.2, 0) is 13.6 Å². The number of hydrogen-bond donors (Lipinski definition) is 0. The Labute approximate surface area is 171 Å². The van der Waals surface area contributed by atoms with Crippen LogP contribution in [0.4, 0.5) is 0 Å². The van der Waals surface area contributed by atoms with E-state index < -0.39 is 8.56 Å². The van der Waals surface area contributed by atoms with Crippen molar-refractivity contribution in [3.63, 3.8) is 0 Å². The molecule has 1 saturated heterocycles. The lowest BCUT2D eigenvalue weighted by atomic mass is 10.2. The van der Waals surface area contributed by atoms with Gasteiger partial charge in [-0.05, 0) is 29.6 Å². The Balaban J connectivity index is 1.80. The molecule has 1 aliphatic heterocycles. The highest BCUT2D eigenvalue weighted by molar-refractivity contribution is 6.92. The molecule has 0 spiro atoms. The second-order valence-electron chi connectivity index (χ2n) is 7.56. The molecule has 152 valence electrons. The van der Waals surface area contributed by atoms with E-state index in [2.05, 4.69) is 67.6 Å². The lowest BCUT2D eigenvalue weighted by Crippen LogP contribution is -2.64. The van der Waals surface area contributed by atoms with E-state index in [1.54, 1.807) is 0 Å². The predicted molar refractivity (Wildman–Crippen MR) is 118 cm³/mol. The van der Waals surface area contributed by atoms with E-state index in [0.29, 0.717) is 6.61 Å². The fourth-order valence-corrected chi connectivity index (χ4v) is 6.96. The van der Waals surface area contributed by atoms with Crippen LogP contribution in [0.1, 0.15) is 51.9 Å². The highest BCUT2D eigenvalue weighted by Gasteiger charge is 2.43. The first-order valence-corrected chi connectivity index (χ1v) is 12.7. The molecule has 0 aromatic heterocycles. The standard InChI is InChI=1S/C24H34O3Si/c1-2-3-4-5-12-20-26-28(23-15-8-6-9-16-23,24-17-10-7-11-18-24)27-21-22-14-13-19-25-22/h6-11,15-18,22H,2-5,12-14,19-21H2,1H3. The Hall–Kier alpha value is -1.46. The summed E-state index contributed by atoms with van der Waals surface area (Å²) in [5.74, 6) is 0. The smallest absolute Gasteiger partial charge is 0.388 e. The van der Waals surface area contributed by atoms with E-state index in [1.165, 1.54) is 36.1 Å². The summed E-state index contributed by atoms with van der Waals surface area (Å²) in [5.41, 5.74) is 0. The molecule has 0 aliphatic carbocycles. The highest BCUT2D eigenvalue weighted by atomic mass is 28.4. The molecule has 1 atom stereocenters. The Morgan fingerprint density at radius 2 is 1.50 bits per heavy atom. The summed E-state index contributed by atoms with van der Waals surface area (Å²) in [6.07, 6.45) is 8.52. The quantitative estimate of drug-likeness (QED) is 0.391. The fourth-order valence-electron chi connectivity index (χ4n) is 3.76. The molecule has 2 aromatic rings. The Morgan fingerprint density at radius 3 is 2.07 bits per heavy atom. The third kappa shape index (κ3) is 5.77. The van der Waals surface area contributed by atoms with Crippen molar-refractivity contribution in [1.29, 1.82) is 0 Å². The van der Waals surface area contributed by atoms with Crippen molar-refractivity contribution in [3.05, 3.63) is 60.7 Å². The van der Waals surface area contributed by atoms with Gasteiger partial charge in [0.1, 0.15) is 0 Å². The first-order valence-electron chi connectivity index (χ1n) is 10.9. The van der Waals surface area contributed by atoms with Crippen molar-refractivity contribution in [1.82, 2.24) is 0 Å². The number of rotatable bonds is 12. The molecule has 1 heterocycles. The summed E-state index contributed by atoms with van der Waals surface area (Å²) in [5, 5.41) is 2.35. The summed E-state index contributed by atoms with van der Waals surface area (Å²) in [4.78, 5) is 0. The molecular weight excluding hydrogens is 364 g/mol. The summed E-state index contributed by atoms with van der Waals surface area (Å²) < 4.78 is 19.2. The zero-order chi connectivity index (χ0) is 19.5. The summed E-state index contributed by atoms with van der Waals surface area (Å²) in [6.45, 7) is 4.44. The van der Waals surface area contributed by atoms with Gasteiger partial charge < -0.3 is 13.6 Å². The molecule has 3 rings (SSSR count). The number of hydrogen-bond acceptors (Lipinski definition) is 3. The number of unbranched alkanes of at least 4 members (excludes halogenated alkanes) is 4. The third-order valence-electron chi connectivity index (χ3n) is 5.36. The van der Waals surface area contributed by atoms with Crippen LogP contribution in [0.5, 0.6) is 0 Å². The molecule has 1 unspecified atom stereocenters. The molecule has 1 fully saturated rings. The minimum Gasteiger partial charge on any atom is -0.388 e. The SMILES string of the molecule is CCCCCCCO[Si](OCC1CCCO1)(c1ccccc1)c1ccccc1. The fraction of sp³-hybridized carbons (Fsp3) is 0.500. The summed E-state index contributed by atoms with van der Waals surface area (Å²) in [6, 6.07) is 21.1. The molecule has 4 heteroatoms. The maximum Gasteiger partial charge on any atom is 0.407 e. The van der Waals surface area contributed by atoms with Gasteiger partial charge in [-0.25, -0.2) is 0 Å². The zero-order valence-electron chi connectivity index (χ0n) is 17.1. The molecule has 0 saturated carbocycles. The van der Waals surface area contributed by atoms with Crippen LogP contribution >= 0.6 is 0 Å². The Bertz CT molecular complexity index is 617. The molecule has 0 N–H and O–H groups in total. The predicted octanol–water partition coefficient (Wildman–Crippen LogP) is 4.43. The van der Waals surface area contributed by atoms with Gasteiger partial charge in [0.15, 0.2) is 0 Å². The summed E-state index contributed by atoms with van der Waals surface area (Å²) >= 11 is 0. The minimum atomic E-state index is -2.76. The van der Waals surface area contributed by atoms with Crippen molar-refractivity contribution in [2.24, 2.45) is 0 Å². The largest absolute Gasteiger partial charge is 0.407 e. The van der Waals surface area contributed by atoms with Crippen LogP contribution in [-0.4, -0.2) is 34.5 Å². The normalized spacial score (nSPS) is 17.1. The lowest BCUT2D eigenvalue weighted by molar-refractivity contribution is 0.0535. The monoisotopic (exact) mass is 398 g/mol. The van der Waals surface area contributed by atoms with Crippen molar-refractivity contribution in [3.8, 4) is 0 Å². The van der Waals surface area contributed by atoms with Crippen LogP contribution in [0.2, 0.25) is 0 Å². The van der Waals surface area contributed by atoms with E-state index in [1.807, 2.05) is 0 Å². The topological polar surface area (TPSA) is 27.7 Å². The maximum atomic E-state index is 6.71. The molecule has 0 bridgehead atoms. The van der Waals surface area contributed by atoms with Gasteiger partial charge >= 0.3 is 8.56 Å². The van der Waals surface area contributed by atoms with Gasteiger partial charge in [0.25, 0.3) is 0 Å². The van der Waals surface area contributed by atoms with Crippen LogP contribution in [0.25, 0.3) is 0 Å². The molecule has 0 radical (unpaired) electrons.